The van der Waals surface area contributed by atoms with E-state index in [-0.39, 0.29) is 42.5 Å². The van der Waals surface area contributed by atoms with Crippen molar-refractivity contribution in [3.63, 3.8) is 0 Å². The van der Waals surface area contributed by atoms with E-state index >= 15 is 0 Å². The first-order chi connectivity index (χ1) is 18.4. The highest BCUT2D eigenvalue weighted by molar-refractivity contribution is 9.10. The molecular formula is C30H22BrClN2O5. The molecule has 0 saturated carbocycles. The van der Waals surface area contributed by atoms with Crippen molar-refractivity contribution in [3.8, 4) is 11.1 Å². The van der Waals surface area contributed by atoms with Crippen LogP contribution in [0.2, 0.25) is 0 Å². The molecule has 1 N–H and O–H groups in total. The van der Waals surface area contributed by atoms with Gasteiger partial charge in [0.05, 0.1) is 6.54 Å². The van der Waals surface area contributed by atoms with E-state index in [0.717, 1.165) is 15.6 Å². The number of pyridine rings is 2. The molecule has 0 atom stereocenters. The van der Waals surface area contributed by atoms with Crippen LogP contribution in [-0.2, 0) is 17.9 Å². The number of aromatic carboxylic acids is 1. The lowest BCUT2D eigenvalue weighted by Crippen LogP contribution is -2.29. The van der Waals surface area contributed by atoms with Gasteiger partial charge in [0, 0.05) is 21.6 Å². The molecule has 9 heteroatoms. The van der Waals surface area contributed by atoms with Crippen LogP contribution in [0.4, 0.5) is 0 Å². The molecule has 2 aromatic heterocycles. The summed E-state index contributed by atoms with van der Waals surface area (Å²) in [5.41, 5.74) is 2.28. The highest BCUT2D eigenvalue weighted by atomic mass is 79.9. The highest BCUT2D eigenvalue weighted by Crippen LogP contribution is 2.33. The minimum atomic E-state index is -1.18. The zero-order valence-electron chi connectivity index (χ0n) is 20.4. The van der Waals surface area contributed by atoms with Gasteiger partial charge in [0.2, 0.25) is 0 Å². The number of carboxylic acid groups (broad SMARTS) is 1. The van der Waals surface area contributed by atoms with Crippen molar-refractivity contribution in [2.24, 2.45) is 0 Å². The minimum absolute atomic E-state index is 0. The van der Waals surface area contributed by atoms with E-state index in [9.17, 15) is 19.5 Å². The van der Waals surface area contributed by atoms with Crippen LogP contribution < -0.4 is 5.56 Å². The first-order valence-corrected chi connectivity index (χ1v) is 12.5. The molecule has 196 valence electrons. The molecule has 0 spiro atoms. The molecule has 0 aliphatic heterocycles. The van der Waals surface area contributed by atoms with Crippen LogP contribution in [0, 0.1) is 0 Å². The third kappa shape index (κ3) is 5.92. The van der Waals surface area contributed by atoms with Crippen LogP contribution in [0.25, 0.3) is 21.9 Å². The Hall–Kier alpha value is -4.27. The minimum Gasteiger partial charge on any atom is -0.477 e. The lowest BCUT2D eigenvalue weighted by Gasteiger charge is -2.20. The van der Waals surface area contributed by atoms with Crippen LogP contribution in [0.1, 0.15) is 32.1 Å². The van der Waals surface area contributed by atoms with Crippen molar-refractivity contribution < 1.29 is 19.4 Å². The maximum atomic E-state index is 13.8. The van der Waals surface area contributed by atoms with Crippen LogP contribution in [0.5, 0.6) is 0 Å². The third-order valence-electron chi connectivity index (χ3n) is 6.09. The van der Waals surface area contributed by atoms with Crippen molar-refractivity contribution >= 4 is 51.0 Å². The van der Waals surface area contributed by atoms with Gasteiger partial charge < -0.3 is 9.84 Å². The predicted octanol–water partition coefficient (Wildman–Crippen LogP) is 6.35. The molecule has 0 fully saturated rings. The number of rotatable bonds is 7. The smallest absolute Gasteiger partial charge is 0.356 e. The Balaban J connectivity index is 0.00000353. The third-order valence-corrected chi connectivity index (χ3v) is 6.58. The van der Waals surface area contributed by atoms with E-state index in [4.69, 9.17) is 4.74 Å². The van der Waals surface area contributed by atoms with Crippen LogP contribution in [0.15, 0.2) is 106 Å². The molecule has 39 heavy (non-hydrogen) atoms. The van der Waals surface area contributed by atoms with Crippen molar-refractivity contribution in [1.29, 1.82) is 0 Å². The maximum absolute atomic E-state index is 13.8. The summed E-state index contributed by atoms with van der Waals surface area (Å²) in [4.78, 5) is 42.7. The molecule has 0 aliphatic rings. The lowest BCUT2D eigenvalue weighted by atomic mass is 9.96. The predicted molar refractivity (Wildman–Crippen MR) is 154 cm³/mol. The summed E-state index contributed by atoms with van der Waals surface area (Å²) in [5, 5.41) is 10.3. The molecule has 0 unspecified atom stereocenters. The molecule has 5 aromatic rings. The summed E-state index contributed by atoms with van der Waals surface area (Å²) in [6.45, 7) is -0.0275. The average molecular weight is 606 g/mol. The Morgan fingerprint density at radius 1 is 0.872 bits per heavy atom. The van der Waals surface area contributed by atoms with Gasteiger partial charge in [0.25, 0.3) is 5.56 Å². The molecule has 0 radical (unpaired) electrons. The molecule has 0 bridgehead atoms. The summed E-state index contributed by atoms with van der Waals surface area (Å²) in [7, 11) is 0. The summed E-state index contributed by atoms with van der Waals surface area (Å²) in [6, 6.07) is 27.1. The standard InChI is InChI=1S/C30H21BrN2O5.ClH/c31-22-11-12-23-24(16-22)26(21-9-5-2-6-10-21)27(33(28(23)34)17-19-7-3-1-4-8-19)30(37)38-18-20-13-14-32-25(15-20)29(35)36;/h1-16H,17-18H2,(H,35,36);1H. The number of hydrogen-bond donors (Lipinski definition) is 1. The van der Waals surface area contributed by atoms with Crippen molar-refractivity contribution in [2.75, 3.05) is 0 Å². The quantitative estimate of drug-likeness (QED) is 0.217. The average Bonchev–Trinajstić information content (AvgIpc) is 2.94. The number of aromatic nitrogens is 2. The Kier molecular flexibility index (Phi) is 8.59. The zero-order chi connectivity index (χ0) is 26.6. The number of carboxylic acids is 1. The fraction of sp³-hybridized carbons (Fsp3) is 0.0667. The van der Waals surface area contributed by atoms with E-state index in [1.165, 1.54) is 16.8 Å². The number of fused-ring (bicyclic) bond motifs is 1. The second kappa shape index (κ2) is 12.1. The molecule has 7 nitrogen and oxygen atoms in total. The number of ether oxygens (including phenoxy) is 1. The Bertz CT molecular complexity index is 1720. The monoisotopic (exact) mass is 604 g/mol. The summed E-state index contributed by atoms with van der Waals surface area (Å²) in [5.74, 6) is -1.88. The fourth-order valence-corrected chi connectivity index (χ4v) is 4.70. The van der Waals surface area contributed by atoms with E-state index < -0.39 is 11.9 Å². The van der Waals surface area contributed by atoms with Gasteiger partial charge in [-0.3, -0.25) is 9.36 Å². The first kappa shape index (κ1) is 27.8. The van der Waals surface area contributed by atoms with Gasteiger partial charge in [-0.15, -0.1) is 12.4 Å². The number of carbonyl (C=O) groups is 2. The van der Waals surface area contributed by atoms with Gasteiger partial charge in [-0.25, -0.2) is 14.6 Å². The second-order valence-corrected chi connectivity index (χ2v) is 9.50. The van der Waals surface area contributed by atoms with Gasteiger partial charge in [-0.1, -0.05) is 76.6 Å². The summed E-state index contributed by atoms with van der Waals surface area (Å²) >= 11 is 3.50. The largest absolute Gasteiger partial charge is 0.477 e. The molecule has 0 amide bonds. The molecule has 0 saturated heterocycles. The topological polar surface area (TPSA) is 98.5 Å². The van der Waals surface area contributed by atoms with Gasteiger partial charge in [-0.05, 0) is 52.4 Å². The van der Waals surface area contributed by atoms with Crippen LogP contribution in [0.3, 0.4) is 0 Å². The molecular weight excluding hydrogens is 584 g/mol. The molecule has 0 aliphatic carbocycles. The van der Waals surface area contributed by atoms with E-state index in [2.05, 4.69) is 20.9 Å². The first-order valence-electron chi connectivity index (χ1n) is 11.7. The number of halogens is 2. The number of benzene rings is 3. The van der Waals surface area contributed by atoms with Crippen molar-refractivity contribution in [3.05, 3.63) is 135 Å². The number of carbonyl (C=O) groups excluding carboxylic acids is 1. The van der Waals surface area contributed by atoms with Crippen LogP contribution >= 0.6 is 28.3 Å². The summed E-state index contributed by atoms with van der Waals surface area (Å²) in [6.07, 6.45) is 1.35. The SMILES string of the molecule is Cl.O=C(O)c1cc(COC(=O)c2c(-c3ccccc3)c3cc(Br)ccc3c(=O)n2Cc2ccccc2)ccn1. The van der Waals surface area contributed by atoms with Gasteiger partial charge >= 0.3 is 11.9 Å². The highest BCUT2D eigenvalue weighted by Gasteiger charge is 2.25. The lowest BCUT2D eigenvalue weighted by molar-refractivity contribution is 0.0460. The van der Waals surface area contributed by atoms with Crippen molar-refractivity contribution in [1.82, 2.24) is 9.55 Å². The number of nitrogens with zero attached hydrogens (tertiary/aromatic N) is 2. The summed E-state index contributed by atoms with van der Waals surface area (Å²) < 4.78 is 7.91. The van der Waals surface area contributed by atoms with E-state index in [1.807, 2.05) is 66.7 Å². The van der Waals surface area contributed by atoms with Gasteiger partial charge in [0.15, 0.2) is 0 Å². The Morgan fingerprint density at radius 3 is 2.26 bits per heavy atom. The van der Waals surface area contributed by atoms with Crippen LogP contribution in [-0.4, -0.2) is 26.6 Å². The molecule has 2 heterocycles. The molecule has 3 aromatic carbocycles. The molecule has 5 rings (SSSR count). The fourth-order valence-electron chi connectivity index (χ4n) is 4.34. The maximum Gasteiger partial charge on any atom is 0.356 e. The Morgan fingerprint density at radius 2 is 1.56 bits per heavy atom. The second-order valence-electron chi connectivity index (χ2n) is 8.59. The number of esters is 1. The number of hydrogen-bond acceptors (Lipinski definition) is 5. The Labute approximate surface area is 238 Å². The van der Waals surface area contributed by atoms with E-state index in [0.29, 0.717) is 21.9 Å². The van der Waals surface area contributed by atoms with Gasteiger partial charge in [-0.2, -0.15) is 0 Å². The van der Waals surface area contributed by atoms with Crippen molar-refractivity contribution in [2.45, 2.75) is 13.2 Å². The zero-order valence-corrected chi connectivity index (χ0v) is 22.8. The van der Waals surface area contributed by atoms with E-state index in [1.54, 1.807) is 18.2 Å². The normalized spacial score (nSPS) is 10.6. The van der Waals surface area contributed by atoms with Gasteiger partial charge in [0.1, 0.15) is 18.0 Å².